The van der Waals surface area contributed by atoms with Crippen molar-refractivity contribution in [2.45, 2.75) is 40.3 Å². The van der Waals surface area contributed by atoms with E-state index in [0.717, 1.165) is 19.7 Å². The van der Waals surface area contributed by atoms with Crippen molar-refractivity contribution in [1.82, 2.24) is 14.5 Å². The van der Waals surface area contributed by atoms with Gasteiger partial charge in [0.05, 0.1) is 5.69 Å². The molecule has 2 aromatic carbocycles. The maximum Gasteiger partial charge on any atom is 0.304 e. The summed E-state index contributed by atoms with van der Waals surface area (Å²) in [6.45, 7) is 7.83. The van der Waals surface area contributed by atoms with E-state index in [-0.39, 0.29) is 18.4 Å². The van der Waals surface area contributed by atoms with Crippen LogP contribution in [-0.2, 0) is 26.3 Å². The molecule has 8 nitrogen and oxygen atoms in total. The lowest BCUT2D eigenvalue weighted by molar-refractivity contribution is -0.139. The molecule has 0 radical (unpaired) electrons. The summed E-state index contributed by atoms with van der Waals surface area (Å²) in [7, 11) is -1.11. The number of nitrogens with zero attached hydrogens (tertiary/aromatic N) is 3. The molecule has 0 aliphatic heterocycles. The van der Waals surface area contributed by atoms with E-state index < -0.39 is 28.7 Å². The van der Waals surface area contributed by atoms with Crippen molar-refractivity contribution < 1.29 is 18.0 Å². The molecule has 9 heteroatoms. The summed E-state index contributed by atoms with van der Waals surface area (Å²) in [4.78, 5) is 27.9. The Labute approximate surface area is 203 Å². The highest BCUT2D eigenvalue weighted by Crippen LogP contribution is 2.21. The van der Waals surface area contributed by atoms with Gasteiger partial charge in [0.25, 0.3) is 0 Å². The van der Waals surface area contributed by atoms with Crippen molar-refractivity contribution in [1.29, 1.82) is 0 Å². The zero-order valence-electron chi connectivity index (χ0n) is 20.9. The van der Waals surface area contributed by atoms with E-state index in [1.807, 2.05) is 45.0 Å². The van der Waals surface area contributed by atoms with Crippen LogP contribution >= 0.6 is 0 Å². The molecule has 1 N–H and O–H groups in total. The quantitative estimate of drug-likeness (QED) is 0.527. The molecule has 0 bridgehead atoms. The SMILES string of the molecule is Cc1ccccc1CN(C(=O)CN(c1ccccc1)S(=O)(=O)N(C)C)[C@H](C)C(=O)NCC(C)C. The molecule has 0 heterocycles. The molecule has 0 aliphatic carbocycles. The van der Waals surface area contributed by atoms with Crippen molar-refractivity contribution in [2.24, 2.45) is 5.92 Å². The highest BCUT2D eigenvalue weighted by atomic mass is 32.2. The lowest BCUT2D eigenvalue weighted by Gasteiger charge is -2.33. The van der Waals surface area contributed by atoms with Crippen LogP contribution in [0.1, 0.15) is 31.9 Å². The molecule has 2 amide bonds. The molecular formula is C25H36N4O4S. The summed E-state index contributed by atoms with van der Waals surface area (Å²) >= 11 is 0. The minimum Gasteiger partial charge on any atom is -0.354 e. The molecule has 0 spiro atoms. The van der Waals surface area contributed by atoms with E-state index in [0.29, 0.717) is 12.2 Å². The summed E-state index contributed by atoms with van der Waals surface area (Å²) in [5.74, 6) is -0.488. The Balaban J connectivity index is 2.41. The average Bonchev–Trinajstić information content (AvgIpc) is 2.80. The number of benzene rings is 2. The lowest BCUT2D eigenvalue weighted by Crippen LogP contribution is -2.52. The third kappa shape index (κ3) is 7.04. The van der Waals surface area contributed by atoms with Gasteiger partial charge in [0, 0.05) is 27.2 Å². The molecule has 0 saturated heterocycles. The second-order valence-electron chi connectivity index (χ2n) is 8.90. The van der Waals surface area contributed by atoms with Crippen LogP contribution in [0.25, 0.3) is 0 Å². The zero-order valence-corrected chi connectivity index (χ0v) is 21.7. The normalized spacial score (nSPS) is 12.5. The third-order valence-electron chi connectivity index (χ3n) is 5.52. The van der Waals surface area contributed by atoms with Crippen molar-refractivity contribution in [3.63, 3.8) is 0 Å². The summed E-state index contributed by atoms with van der Waals surface area (Å²) in [5.41, 5.74) is 2.24. The van der Waals surface area contributed by atoms with Gasteiger partial charge in [0.15, 0.2) is 0 Å². The predicted octanol–water partition coefficient (Wildman–Crippen LogP) is 2.80. The van der Waals surface area contributed by atoms with Crippen LogP contribution in [0.5, 0.6) is 0 Å². The summed E-state index contributed by atoms with van der Waals surface area (Å²) in [6.07, 6.45) is 0. The fraction of sp³-hybridized carbons (Fsp3) is 0.440. The van der Waals surface area contributed by atoms with Gasteiger partial charge in [-0.1, -0.05) is 56.3 Å². The van der Waals surface area contributed by atoms with Crippen LogP contribution in [0.3, 0.4) is 0 Å². The average molecular weight is 489 g/mol. The predicted molar refractivity (Wildman–Crippen MR) is 135 cm³/mol. The van der Waals surface area contributed by atoms with Crippen LogP contribution in [-0.4, -0.2) is 62.7 Å². The highest BCUT2D eigenvalue weighted by molar-refractivity contribution is 7.90. The monoisotopic (exact) mass is 488 g/mol. The number of nitrogens with one attached hydrogen (secondary N) is 1. The van der Waals surface area contributed by atoms with E-state index in [2.05, 4.69) is 5.32 Å². The first-order chi connectivity index (χ1) is 15.9. The summed E-state index contributed by atoms with van der Waals surface area (Å²) < 4.78 is 28.3. The Morgan fingerprint density at radius 3 is 2.09 bits per heavy atom. The molecule has 0 aromatic heterocycles. The number of carbonyl (C=O) groups excluding carboxylic acids is 2. The minimum absolute atomic E-state index is 0.187. The number of rotatable bonds is 11. The van der Waals surface area contributed by atoms with Crippen molar-refractivity contribution in [3.8, 4) is 0 Å². The van der Waals surface area contributed by atoms with Gasteiger partial charge in [0.1, 0.15) is 12.6 Å². The molecule has 0 aliphatic rings. The van der Waals surface area contributed by atoms with Gasteiger partial charge in [-0.05, 0) is 43.0 Å². The standard InChI is InChI=1S/C25H36N4O4S/c1-19(2)16-26-25(31)21(4)28(17-22-13-11-10-12-20(22)3)24(30)18-29(34(32,33)27(5)6)23-14-8-7-9-15-23/h7-15,19,21H,16-18H2,1-6H3,(H,26,31)/t21-/m1/s1. The fourth-order valence-electron chi connectivity index (χ4n) is 3.32. The van der Waals surface area contributed by atoms with Gasteiger partial charge in [-0.25, -0.2) is 4.31 Å². The number of carbonyl (C=O) groups is 2. The first-order valence-electron chi connectivity index (χ1n) is 11.3. The van der Waals surface area contributed by atoms with Gasteiger partial charge >= 0.3 is 10.2 Å². The summed E-state index contributed by atoms with van der Waals surface area (Å²) in [6, 6.07) is 15.3. The van der Waals surface area contributed by atoms with Crippen LogP contribution in [0, 0.1) is 12.8 Å². The Bertz CT molecular complexity index is 1070. The molecule has 0 fully saturated rings. The molecule has 2 aromatic rings. The lowest BCUT2D eigenvalue weighted by atomic mass is 10.1. The van der Waals surface area contributed by atoms with Gasteiger partial charge in [-0.2, -0.15) is 12.7 Å². The first-order valence-corrected chi connectivity index (χ1v) is 12.7. The van der Waals surface area contributed by atoms with Crippen molar-refractivity contribution >= 4 is 27.7 Å². The highest BCUT2D eigenvalue weighted by Gasteiger charge is 2.32. The maximum atomic E-state index is 13.6. The Morgan fingerprint density at radius 2 is 1.53 bits per heavy atom. The van der Waals surface area contributed by atoms with Crippen molar-refractivity contribution in [3.05, 3.63) is 65.7 Å². The number of amides is 2. The Kier molecular flexibility index (Phi) is 9.64. The molecule has 186 valence electrons. The number of hydrogen-bond donors (Lipinski definition) is 1. The second-order valence-corrected chi connectivity index (χ2v) is 11.0. The van der Waals surface area contributed by atoms with Gasteiger partial charge in [-0.3, -0.25) is 9.59 Å². The molecule has 0 unspecified atom stereocenters. The van der Waals surface area contributed by atoms with E-state index in [1.165, 1.54) is 19.0 Å². The van der Waals surface area contributed by atoms with Gasteiger partial charge in [0.2, 0.25) is 11.8 Å². The summed E-state index contributed by atoms with van der Waals surface area (Å²) in [5, 5.41) is 2.88. The topological polar surface area (TPSA) is 90.0 Å². The number of anilines is 1. The van der Waals surface area contributed by atoms with Crippen molar-refractivity contribution in [2.75, 3.05) is 31.5 Å². The smallest absolute Gasteiger partial charge is 0.304 e. The van der Waals surface area contributed by atoms with Crippen LogP contribution in [0.2, 0.25) is 0 Å². The molecular weight excluding hydrogens is 452 g/mol. The van der Waals surface area contributed by atoms with Crippen LogP contribution in [0.15, 0.2) is 54.6 Å². The number of aryl methyl sites for hydroxylation is 1. The molecule has 1 atom stereocenters. The van der Waals surface area contributed by atoms with Crippen LogP contribution < -0.4 is 9.62 Å². The van der Waals surface area contributed by atoms with E-state index >= 15 is 0 Å². The van der Waals surface area contributed by atoms with E-state index in [9.17, 15) is 18.0 Å². The molecule has 34 heavy (non-hydrogen) atoms. The van der Waals surface area contributed by atoms with Gasteiger partial charge < -0.3 is 10.2 Å². The minimum atomic E-state index is -3.95. The number of para-hydroxylation sites is 1. The van der Waals surface area contributed by atoms with Gasteiger partial charge in [-0.15, -0.1) is 0 Å². The van der Waals surface area contributed by atoms with Crippen LogP contribution in [0.4, 0.5) is 5.69 Å². The molecule has 2 rings (SSSR count). The zero-order chi connectivity index (χ0) is 25.5. The van der Waals surface area contributed by atoms with E-state index in [1.54, 1.807) is 37.3 Å². The van der Waals surface area contributed by atoms with E-state index in [4.69, 9.17) is 0 Å². The third-order valence-corrected chi connectivity index (χ3v) is 7.34. The largest absolute Gasteiger partial charge is 0.354 e. The second kappa shape index (κ2) is 12.0. The first kappa shape index (κ1) is 27.3. The number of hydrogen-bond acceptors (Lipinski definition) is 4. The maximum absolute atomic E-state index is 13.6. The fourth-order valence-corrected chi connectivity index (χ4v) is 4.37. The molecule has 0 saturated carbocycles. The Hall–Kier alpha value is -2.91. The Morgan fingerprint density at radius 1 is 0.941 bits per heavy atom.